The average molecular weight is 343 g/mol. The zero-order valence-corrected chi connectivity index (χ0v) is 14.0. The molecule has 1 saturated heterocycles. The number of anilines is 1. The monoisotopic (exact) mass is 343 g/mol. The number of rotatable bonds is 7. The van der Waals surface area contributed by atoms with Gasteiger partial charge in [0.15, 0.2) is 0 Å². The van der Waals surface area contributed by atoms with Crippen molar-refractivity contribution >= 4 is 11.6 Å². The second-order valence-corrected chi connectivity index (χ2v) is 6.08. The van der Waals surface area contributed by atoms with Crippen molar-refractivity contribution in [1.82, 2.24) is 10.3 Å². The van der Waals surface area contributed by atoms with E-state index in [2.05, 4.69) is 15.6 Å². The molecule has 1 aliphatic rings. The van der Waals surface area contributed by atoms with Crippen molar-refractivity contribution in [3.8, 4) is 0 Å². The Bertz CT molecular complexity index is 700. The molecule has 2 N–H and O–H groups in total. The van der Waals surface area contributed by atoms with Crippen molar-refractivity contribution in [2.24, 2.45) is 0 Å². The van der Waals surface area contributed by atoms with Gasteiger partial charge in [0.1, 0.15) is 11.5 Å². The van der Waals surface area contributed by atoms with Crippen molar-refractivity contribution in [3.05, 3.63) is 59.7 Å². The first-order valence-corrected chi connectivity index (χ1v) is 8.55. The summed E-state index contributed by atoms with van der Waals surface area (Å²) in [6, 6.07) is 10.0. The third-order valence-corrected chi connectivity index (χ3v) is 4.16. The smallest absolute Gasteiger partial charge is 0.270 e. The minimum absolute atomic E-state index is 0.112. The lowest BCUT2D eigenvalue weighted by Crippen LogP contribution is -2.32. The number of nitrogens with zero attached hydrogens (tertiary/aromatic N) is 1. The molecule has 2 heterocycles. The second-order valence-electron chi connectivity index (χ2n) is 6.08. The van der Waals surface area contributed by atoms with Crippen LogP contribution >= 0.6 is 0 Å². The maximum Gasteiger partial charge on any atom is 0.270 e. The molecule has 1 aromatic carbocycles. The summed E-state index contributed by atoms with van der Waals surface area (Å²) in [7, 11) is 0. The lowest BCUT2D eigenvalue weighted by atomic mass is 10.1. The van der Waals surface area contributed by atoms with Crippen molar-refractivity contribution in [1.29, 1.82) is 0 Å². The van der Waals surface area contributed by atoms with Gasteiger partial charge < -0.3 is 15.4 Å². The summed E-state index contributed by atoms with van der Waals surface area (Å²) < 4.78 is 18.4. The van der Waals surface area contributed by atoms with E-state index >= 15 is 0 Å². The quantitative estimate of drug-likeness (QED) is 0.811. The van der Waals surface area contributed by atoms with E-state index in [9.17, 15) is 9.18 Å². The molecule has 6 heteroatoms. The van der Waals surface area contributed by atoms with Crippen molar-refractivity contribution < 1.29 is 13.9 Å². The predicted octanol–water partition coefficient (Wildman–Crippen LogP) is 2.78. The molecule has 2 aromatic rings. The first-order valence-electron chi connectivity index (χ1n) is 8.55. The van der Waals surface area contributed by atoms with E-state index < -0.39 is 0 Å². The van der Waals surface area contributed by atoms with E-state index in [1.807, 2.05) is 6.07 Å². The van der Waals surface area contributed by atoms with Crippen LogP contribution in [0.5, 0.6) is 0 Å². The zero-order chi connectivity index (χ0) is 17.5. The molecule has 1 aliphatic heterocycles. The Morgan fingerprint density at radius 1 is 1.28 bits per heavy atom. The number of amides is 1. The molecule has 0 spiro atoms. The van der Waals surface area contributed by atoms with Crippen LogP contribution in [0.25, 0.3) is 0 Å². The number of pyridine rings is 1. The van der Waals surface area contributed by atoms with Crippen LogP contribution in [0, 0.1) is 5.82 Å². The molecule has 5 nitrogen and oxygen atoms in total. The van der Waals surface area contributed by atoms with Crippen LogP contribution in [0.15, 0.2) is 42.6 Å². The summed E-state index contributed by atoms with van der Waals surface area (Å²) in [6.07, 6.45) is 4.52. The Balaban J connectivity index is 1.48. The van der Waals surface area contributed by atoms with Crippen molar-refractivity contribution in [2.75, 3.05) is 25.0 Å². The highest BCUT2D eigenvalue weighted by molar-refractivity contribution is 5.93. The van der Waals surface area contributed by atoms with Gasteiger partial charge in [0.2, 0.25) is 0 Å². The molecule has 3 rings (SSSR count). The highest BCUT2D eigenvalue weighted by Crippen LogP contribution is 2.12. The van der Waals surface area contributed by atoms with Gasteiger partial charge in [-0.3, -0.25) is 9.78 Å². The molecular formula is C19H22FN3O2. The number of halogens is 1. The van der Waals surface area contributed by atoms with Crippen molar-refractivity contribution in [3.63, 3.8) is 0 Å². The highest BCUT2D eigenvalue weighted by atomic mass is 19.1. The highest BCUT2D eigenvalue weighted by Gasteiger charge is 2.17. The van der Waals surface area contributed by atoms with Crippen LogP contribution in [0.1, 0.15) is 28.9 Å². The van der Waals surface area contributed by atoms with Crippen LogP contribution in [0.2, 0.25) is 0 Å². The van der Waals surface area contributed by atoms with Gasteiger partial charge >= 0.3 is 0 Å². The number of ether oxygens (including phenoxy) is 1. The number of aromatic nitrogens is 1. The molecule has 0 bridgehead atoms. The molecule has 0 radical (unpaired) electrons. The fraction of sp³-hybridized carbons (Fsp3) is 0.368. The summed E-state index contributed by atoms with van der Waals surface area (Å²) in [5, 5.41) is 6.13. The molecule has 132 valence electrons. The molecule has 1 unspecified atom stereocenters. The fourth-order valence-corrected chi connectivity index (χ4v) is 2.77. The van der Waals surface area contributed by atoms with Gasteiger partial charge in [-0.05, 0) is 49.1 Å². The Morgan fingerprint density at radius 3 is 2.88 bits per heavy atom. The average Bonchev–Trinajstić information content (AvgIpc) is 3.15. The second kappa shape index (κ2) is 8.58. The van der Waals surface area contributed by atoms with E-state index in [0.717, 1.165) is 37.1 Å². The standard InChI is InChI=1S/C19H22FN3O2/c20-15-5-3-14(4-6-15)7-9-21-16-8-10-22-18(12-16)19(24)23-13-17-2-1-11-25-17/h3-6,8,10,12,17H,1-2,7,9,11,13H2,(H,21,22)(H,23,24). The fourth-order valence-electron chi connectivity index (χ4n) is 2.77. The maximum absolute atomic E-state index is 12.9. The predicted molar refractivity (Wildman–Crippen MR) is 94.1 cm³/mol. The van der Waals surface area contributed by atoms with Gasteiger partial charge in [-0.15, -0.1) is 0 Å². The molecule has 1 amide bonds. The van der Waals surface area contributed by atoms with Crippen LogP contribution < -0.4 is 10.6 Å². The van der Waals surface area contributed by atoms with E-state index in [-0.39, 0.29) is 17.8 Å². The summed E-state index contributed by atoms with van der Waals surface area (Å²) in [4.78, 5) is 16.3. The van der Waals surface area contributed by atoms with E-state index in [1.54, 1.807) is 24.4 Å². The first-order chi connectivity index (χ1) is 12.2. The molecule has 1 atom stereocenters. The van der Waals surface area contributed by atoms with Crippen LogP contribution in [0.4, 0.5) is 10.1 Å². The third kappa shape index (κ3) is 5.26. The first kappa shape index (κ1) is 17.4. The molecule has 1 aromatic heterocycles. The summed E-state index contributed by atoms with van der Waals surface area (Å²) in [5.41, 5.74) is 2.27. The normalized spacial score (nSPS) is 16.6. The van der Waals surface area contributed by atoms with Crippen LogP contribution in [-0.4, -0.2) is 36.7 Å². The topological polar surface area (TPSA) is 63.2 Å². The van der Waals surface area contributed by atoms with Gasteiger partial charge in [0, 0.05) is 31.6 Å². The third-order valence-electron chi connectivity index (χ3n) is 4.16. The van der Waals surface area contributed by atoms with E-state index in [1.165, 1.54) is 12.1 Å². The minimum Gasteiger partial charge on any atom is -0.385 e. The number of hydrogen-bond acceptors (Lipinski definition) is 4. The lowest BCUT2D eigenvalue weighted by molar-refractivity contribution is 0.0854. The number of carbonyl (C=O) groups is 1. The lowest BCUT2D eigenvalue weighted by Gasteiger charge is -2.11. The van der Waals surface area contributed by atoms with Crippen LogP contribution in [0.3, 0.4) is 0 Å². The molecule has 0 aliphatic carbocycles. The summed E-state index contributed by atoms with van der Waals surface area (Å²) >= 11 is 0. The number of benzene rings is 1. The van der Waals surface area contributed by atoms with E-state index in [4.69, 9.17) is 4.74 Å². The maximum atomic E-state index is 12.9. The minimum atomic E-state index is -0.232. The molecular weight excluding hydrogens is 321 g/mol. The van der Waals surface area contributed by atoms with Crippen molar-refractivity contribution in [2.45, 2.75) is 25.4 Å². The Hall–Kier alpha value is -2.47. The number of nitrogens with one attached hydrogen (secondary N) is 2. The Labute approximate surface area is 146 Å². The van der Waals surface area contributed by atoms with Gasteiger partial charge in [-0.25, -0.2) is 4.39 Å². The molecule has 0 saturated carbocycles. The van der Waals surface area contributed by atoms with Gasteiger partial charge in [0.25, 0.3) is 5.91 Å². The van der Waals surface area contributed by atoms with Gasteiger partial charge in [-0.1, -0.05) is 12.1 Å². The Morgan fingerprint density at radius 2 is 2.12 bits per heavy atom. The van der Waals surface area contributed by atoms with Crippen LogP contribution in [-0.2, 0) is 11.2 Å². The SMILES string of the molecule is O=C(NCC1CCCO1)c1cc(NCCc2ccc(F)cc2)ccn1. The molecule has 25 heavy (non-hydrogen) atoms. The molecule has 1 fully saturated rings. The van der Waals surface area contributed by atoms with Gasteiger partial charge in [-0.2, -0.15) is 0 Å². The Kier molecular flexibility index (Phi) is 5.95. The number of carbonyl (C=O) groups excluding carboxylic acids is 1. The summed E-state index contributed by atoms with van der Waals surface area (Å²) in [5.74, 6) is -0.429. The largest absolute Gasteiger partial charge is 0.385 e. The number of hydrogen-bond donors (Lipinski definition) is 2. The zero-order valence-electron chi connectivity index (χ0n) is 14.0. The van der Waals surface area contributed by atoms with E-state index in [0.29, 0.717) is 18.8 Å². The van der Waals surface area contributed by atoms with Gasteiger partial charge in [0.05, 0.1) is 6.10 Å². The summed E-state index contributed by atoms with van der Waals surface area (Å²) in [6.45, 7) is 1.97.